The van der Waals surface area contributed by atoms with Crippen LogP contribution in [0.5, 0.6) is 0 Å². The van der Waals surface area contributed by atoms with E-state index in [-0.39, 0.29) is 30.8 Å². The summed E-state index contributed by atoms with van der Waals surface area (Å²) < 4.78 is 5.09. The summed E-state index contributed by atoms with van der Waals surface area (Å²) in [6.45, 7) is 5.35. The third kappa shape index (κ3) is 7.58. The van der Waals surface area contributed by atoms with Crippen molar-refractivity contribution in [3.05, 3.63) is 29.8 Å². The molecule has 0 aromatic heterocycles. The van der Waals surface area contributed by atoms with Gasteiger partial charge >= 0.3 is 6.09 Å². The highest BCUT2D eigenvalue weighted by Crippen LogP contribution is 2.25. The predicted molar refractivity (Wildman–Crippen MR) is 108 cm³/mol. The minimum Gasteiger partial charge on any atom is -0.444 e. The number of alkyl carbamates (subject to hydrolysis) is 1. The smallest absolute Gasteiger partial charge is 0.408 e. The van der Waals surface area contributed by atoms with Crippen molar-refractivity contribution in [2.45, 2.75) is 65.0 Å². The summed E-state index contributed by atoms with van der Waals surface area (Å²) in [7, 11) is 0. The van der Waals surface area contributed by atoms with E-state index >= 15 is 0 Å². The van der Waals surface area contributed by atoms with Gasteiger partial charge in [0.15, 0.2) is 0 Å². The van der Waals surface area contributed by atoms with Crippen LogP contribution in [0.3, 0.4) is 0 Å². The molecule has 3 amide bonds. The first-order valence-corrected chi connectivity index (χ1v) is 9.87. The molecule has 3 N–H and O–H groups in total. The summed E-state index contributed by atoms with van der Waals surface area (Å²) in [6.07, 6.45) is 4.62. The first-order chi connectivity index (χ1) is 13.2. The number of amides is 3. The Morgan fingerprint density at radius 2 is 1.71 bits per heavy atom. The van der Waals surface area contributed by atoms with Crippen LogP contribution < -0.4 is 16.0 Å². The number of nitrogens with one attached hydrogen (secondary N) is 3. The molecule has 154 valence electrons. The molecule has 2 rings (SSSR count). The highest BCUT2D eigenvalue weighted by molar-refractivity contribution is 5.93. The van der Waals surface area contributed by atoms with Gasteiger partial charge in [-0.3, -0.25) is 9.59 Å². The average molecular weight is 389 g/mol. The molecule has 0 bridgehead atoms. The first-order valence-electron chi connectivity index (χ1n) is 9.87. The lowest BCUT2D eigenvalue weighted by Gasteiger charge is -2.21. The van der Waals surface area contributed by atoms with E-state index in [1.165, 1.54) is 6.42 Å². The number of rotatable bonds is 6. The van der Waals surface area contributed by atoms with Gasteiger partial charge in [-0.25, -0.2) is 4.79 Å². The number of benzene rings is 1. The van der Waals surface area contributed by atoms with E-state index in [0.29, 0.717) is 5.69 Å². The Hall–Kier alpha value is -2.57. The van der Waals surface area contributed by atoms with Gasteiger partial charge in [-0.15, -0.1) is 0 Å². The summed E-state index contributed by atoms with van der Waals surface area (Å²) in [5.41, 5.74) is 0.909. The van der Waals surface area contributed by atoms with Crippen LogP contribution in [0.25, 0.3) is 0 Å². The highest BCUT2D eigenvalue weighted by atomic mass is 16.6. The van der Waals surface area contributed by atoms with E-state index in [0.717, 1.165) is 31.2 Å². The lowest BCUT2D eigenvalue weighted by atomic mass is 9.88. The highest BCUT2D eigenvalue weighted by Gasteiger charge is 2.22. The fourth-order valence-corrected chi connectivity index (χ4v) is 3.12. The molecule has 7 heteroatoms. The van der Waals surface area contributed by atoms with Crippen LogP contribution in [0, 0.1) is 5.92 Å². The van der Waals surface area contributed by atoms with Gasteiger partial charge in [-0.05, 0) is 45.2 Å². The second kappa shape index (κ2) is 10.1. The number of carbonyl (C=O) groups excluding carboxylic acids is 3. The molecule has 1 aromatic rings. The van der Waals surface area contributed by atoms with E-state index in [9.17, 15) is 14.4 Å². The Bertz CT molecular complexity index is 691. The maximum Gasteiger partial charge on any atom is 0.408 e. The van der Waals surface area contributed by atoms with Crippen LogP contribution in [0.4, 0.5) is 10.5 Å². The fraction of sp³-hybridized carbons (Fsp3) is 0.571. The summed E-state index contributed by atoms with van der Waals surface area (Å²) in [5.74, 6) is -0.223. The minimum atomic E-state index is -0.636. The Balaban J connectivity index is 1.83. The summed E-state index contributed by atoms with van der Waals surface area (Å²) in [6, 6.07) is 7.40. The van der Waals surface area contributed by atoms with Crippen molar-refractivity contribution in [1.29, 1.82) is 0 Å². The zero-order valence-corrected chi connectivity index (χ0v) is 17.0. The summed E-state index contributed by atoms with van der Waals surface area (Å²) >= 11 is 0. The van der Waals surface area contributed by atoms with Gasteiger partial charge in [0, 0.05) is 18.2 Å². The van der Waals surface area contributed by atoms with Crippen molar-refractivity contribution in [2.24, 2.45) is 5.92 Å². The van der Waals surface area contributed by atoms with Crippen molar-refractivity contribution in [3.63, 3.8) is 0 Å². The van der Waals surface area contributed by atoms with Gasteiger partial charge in [0.2, 0.25) is 11.8 Å². The molecule has 0 atom stereocenters. The molecular weight excluding hydrogens is 358 g/mol. The van der Waals surface area contributed by atoms with Crippen molar-refractivity contribution in [2.75, 3.05) is 11.9 Å². The van der Waals surface area contributed by atoms with E-state index in [1.54, 1.807) is 20.8 Å². The molecular formula is C21H31N3O4. The first kappa shape index (κ1) is 21.7. The second-order valence-electron chi connectivity index (χ2n) is 8.11. The third-order valence-electron chi connectivity index (χ3n) is 4.52. The maximum atomic E-state index is 12.5. The van der Waals surface area contributed by atoms with Gasteiger partial charge in [-0.2, -0.15) is 0 Å². The van der Waals surface area contributed by atoms with Gasteiger partial charge in [0.05, 0.1) is 0 Å². The number of hydrogen-bond donors (Lipinski definition) is 3. The van der Waals surface area contributed by atoms with Crippen LogP contribution in [0.2, 0.25) is 0 Å². The normalized spacial score (nSPS) is 14.8. The van der Waals surface area contributed by atoms with E-state index in [4.69, 9.17) is 4.74 Å². The molecule has 0 aliphatic heterocycles. The zero-order chi connectivity index (χ0) is 20.6. The zero-order valence-electron chi connectivity index (χ0n) is 17.0. The molecule has 1 aliphatic carbocycles. The third-order valence-corrected chi connectivity index (χ3v) is 4.52. The SMILES string of the molecule is CC(C)(C)OC(=O)NCC(=O)NCc1ccccc1NC(=O)C1CCCCC1. The van der Waals surface area contributed by atoms with Gasteiger partial charge < -0.3 is 20.7 Å². The summed E-state index contributed by atoms with van der Waals surface area (Å²) in [4.78, 5) is 36.1. The predicted octanol–water partition coefficient (Wildman–Crippen LogP) is 3.35. The molecule has 0 radical (unpaired) electrons. The Labute approximate surface area is 166 Å². The molecule has 1 aliphatic rings. The molecule has 0 saturated heterocycles. The van der Waals surface area contributed by atoms with Crippen LogP contribution in [0.15, 0.2) is 24.3 Å². The number of hydrogen-bond acceptors (Lipinski definition) is 4. The lowest BCUT2D eigenvalue weighted by Crippen LogP contribution is -2.39. The molecule has 1 fully saturated rings. The number of anilines is 1. The molecule has 0 spiro atoms. The maximum absolute atomic E-state index is 12.5. The van der Waals surface area contributed by atoms with Crippen molar-refractivity contribution < 1.29 is 19.1 Å². The minimum absolute atomic E-state index is 0.0464. The van der Waals surface area contributed by atoms with E-state index in [2.05, 4.69) is 16.0 Å². The largest absolute Gasteiger partial charge is 0.444 e. The Morgan fingerprint density at radius 1 is 1.04 bits per heavy atom. The van der Waals surface area contributed by atoms with Gasteiger partial charge in [-0.1, -0.05) is 37.5 Å². The van der Waals surface area contributed by atoms with Crippen molar-refractivity contribution in [1.82, 2.24) is 10.6 Å². The van der Waals surface area contributed by atoms with Crippen LogP contribution >= 0.6 is 0 Å². The average Bonchev–Trinajstić information content (AvgIpc) is 2.65. The molecule has 0 unspecified atom stereocenters. The second-order valence-corrected chi connectivity index (χ2v) is 8.11. The molecule has 1 aromatic carbocycles. The topological polar surface area (TPSA) is 96.5 Å². The lowest BCUT2D eigenvalue weighted by molar-refractivity contribution is -0.121. The van der Waals surface area contributed by atoms with Crippen molar-refractivity contribution >= 4 is 23.6 Å². The quantitative estimate of drug-likeness (QED) is 0.695. The monoisotopic (exact) mass is 389 g/mol. The molecule has 7 nitrogen and oxygen atoms in total. The molecule has 0 heterocycles. The number of para-hydroxylation sites is 1. The van der Waals surface area contributed by atoms with Gasteiger partial charge in [0.1, 0.15) is 12.1 Å². The van der Waals surface area contributed by atoms with Gasteiger partial charge in [0.25, 0.3) is 0 Å². The van der Waals surface area contributed by atoms with Crippen LogP contribution in [-0.4, -0.2) is 30.1 Å². The van der Waals surface area contributed by atoms with E-state index < -0.39 is 11.7 Å². The summed E-state index contributed by atoms with van der Waals surface area (Å²) in [5, 5.41) is 8.17. The number of carbonyl (C=O) groups is 3. The standard InChI is InChI=1S/C21H31N3O4/c1-21(2,3)28-20(27)23-14-18(25)22-13-16-11-7-8-12-17(16)24-19(26)15-9-5-4-6-10-15/h7-8,11-12,15H,4-6,9-10,13-14H2,1-3H3,(H,22,25)(H,23,27)(H,24,26). The van der Waals surface area contributed by atoms with Crippen LogP contribution in [0.1, 0.15) is 58.4 Å². The number of ether oxygens (including phenoxy) is 1. The van der Waals surface area contributed by atoms with E-state index in [1.807, 2.05) is 24.3 Å². The molecule has 1 saturated carbocycles. The van der Waals surface area contributed by atoms with Crippen molar-refractivity contribution in [3.8, 4) is 0 Å². The fourth-order valence-electron chi connectivity index (χ4n) is 3.12. The Kier molecular flexibility index (Phi) is 7.84. The molecule has 28 heavy (non-hydrogen) atoms. The Morgan fingerprint density at radius 3 is 2.39 bits per heavy atom. The van der Waals surface area contributed by atoms with Crippen LogP contribution in [-0.2, 0) is 20.9 Å².